The first kappa shape index (κ1) is 9.35. The number of aliphatic hydroxyl groups is 2. The van der Waals surface area contributed by atoms with Gasteiger partial charge >= 0.3 is 0 Å². The lowest BCUT2D eigenvalue weighted by atomic mass is 10.5. The van der Waals surface area contributed by atoms with Crippen LogP contribution in [0.2, 0.25) is 0 Å². The van der Waals surface area contributed by atoms with Crippen molar-refractivity contribution in [2.75, 3.05) is 12.8 Å². The van der Waals surface area contributed by atoms with Crippen molar-refractivity contribution in [3.8, 4) is 0 Å². The molecule has 0 radical (unpaired) electrons. The fourth-order valence-electron chi connectivity index (χ4n) is 0.492. The molecule has 0 aliphatic heterocycles. The molecule has 0 bridgehead atoms. The van der Waals surface area contributed by atoms with Crippen LogP contribution in [0.15, 0.2) is 0 Å². The molecular formula is C6H15O2P. The maximum Gasteiger partial charge on any atom is 0.0699 e. The monoisotopic (exact) mass is 150 g/mol. The van der Waals surface area contributed by atoms with E-state index in [1.165, 1.54) is 0 Å². The Balaban J connectivity index is 2.88. The lowest BCUT2D eigenvalue weighted by Crippen LogP contribution is -1.97. The normalized spacial score (nSPS) is 15.0. The lowest BCUT2D eigenvalue weighted by molar-refractivity contribution is 0.255. The van der Waals surface area contributed by atoms with E-state index in [-0.39, 0.29) is 12.5 Å². The molecule has 2 nitrogen and oxygen atoms in total. The van der Waals surface area contributed by atoms with Gasteiger partial charge in [-0.1, -0.05) is 15.5 Å². The molecule has 0 saturated carbocycles. The molecule has 0 aromatic rings. The van der Waals surface area contributed by atoms with Gasteiger partial charge in [0.2, 0.25) is 0 Å². The molecule has 0 aliphatic carbocycles. The highest BCUT2D eigenvalue weighted by atomic mass is 31.1. The predicted octanol–water partition coefficient (Wildman–Crippen LogP) is 0.776. The van der Waals surface area contributed by atoms with Crippen molar-refractivity contribution in [3.63, 3.8) is 0 Å². The minimum atomic E-state index is -0.128. The van der Waals surface area contributed by atoms with E-state index in [0.717, 1.165) is 19.0 Å². The molecule has 0 rings (SSSR count). The maximum absolute atomic E-state index is 9.02. The first-order valence-electron chi connectivity index (χ1n) is 3.33. The van der Waals surface area contributed by atoms with Crippen LogP contribution in [0.3, 0.4) is 0 Å². The van der Waals surface area contributed by atoms with E-state index in [1.807, 2.05) is 6.92 Å². The van der Waals surface area contributed by atoms with E-state index >= 15 is 0 Å². The average molecular weight is 150 g/mol. The van der Waals surface area contributed by atoms with Crippen molar-refractivity contribution in [2.24, 2.45) is 0 Å². The van der Waals surface area contributed by atoms with Crippen LogP contribution < -0.4 is 0 Å². The summed E-state index contributed by atoms with van der Waals surface area (Å²) in [5.41, 5.74) is 0. The molecule has 3 heteroatoms. The second-order valence-electron chi connectivity index (χ2n) is 1.96. The smallest absolute Gasteiger partial charge is 0.0699 e. The van der Waals surface area contributed by atoms with Crippen LogP contribution >= 0.6 is 8.58 Å². The predicted molar refractivity (Wildman–Crippen MR) is 41.2 cm³/mol. The van der Waals surface area contributed by atoms with Crippen LogP contribution in [-0.4, -0.2) is 28.8 Å². The van der Waals surface area contributed by atoms with Crippen LogP contribution in [0.5, 0.6) is 0 Å². The van der Waals surface area contributed by atoms with Gasteiger partial charge in [-0.05, 0) is 19.0 Å². The molecule has 0 aromatic heterocycles. The zero-order valence-electron chi connectivity index (χ0n) is 5.80. The first-order valence-corrected chi connectivity index (χ1v) is 4.62. The molecule has 0 heterocycles. The van der Waals surface area contributed by atoms with Crippen molar-refractivity contribution in [1.82, 2.24) is 0 Å². The van der Waals surface area contributed by atoms with Gasteiger partial charge in [0.05, 0.1) is 5.85 Å². The summed E-state index contributed by atoms with van der Waals surface area (Å²) in [6, 6.07) is 0. The van der Waals surface area contributed by atoms with Crippen LogP contribution in [-0.2, 0) is 0 Å². The van der Waals surface area contributed by atoms with E-state index in [9.17, 15) is 0 Å². The van der Waals surface area contributed by atoms with Gasteiger partial charge in [0.1, 0.15) is 0 Å². The second-order valence-corrected chi connectivity index (χ2v) is 3.53. The molecule has 56 valence electrons. The molecule has 2 unspecified atom stereocenters. The molecule has 2 atom stereocenters. The highest BCUT2D eigenvalue weighted by Gasteiger charge is 1.97. The number of aliphatic hydroxyl groups excluding tert-OH is 2. The van der Waals surface area contributed by atoms with Gasteiger partial charge < -0.3 is 10.2 Å². The standard InChI is InChI=1S/C6H15O2P/c1-2-6(8)9-5-3-4-7/h6-9H,2-5H2,1H3. The molecule has 2 N–H and O–H groups in total. The SMILES string of the molecule is CCC(O)PCCCO. The van der Waals surface area contributed by atoms with Gasteiger partial charge in [-0.25, -0.2) is 0 Å². The summed E-state index contributed by atoms with van der Waals surface area (Å²) in [7, 11) is 0.608. The summed E-state index contributed by atoms with van der Waals surface area (Å²) in [5.74, 6) is -0.128. The third-order valence-electron chi connectivity index (χ3n) is 1.10. The largest absolute Gasteiger partial charge is 0.396 e. The van der Waals surface area contributed by atoms with Gasteiger partial charge in [-0.3, -0.25) is 0 Å². The Hall–Kier alpha value is 0.350. The zero-order chi connectivity index (χ0) is 7.11. The Labute approximate surface area is 58.1 Å². The summed E-state index contributed by atoms with van der Waals surface area (Å²) in [6.45, 7) is 2.22. The number of rotatable bonds is 5. The van der Waals surface area contributed by atoms with E-state index in [2.05, 4.69) is 0 Å². The number of hydrogen-bond acceptors (Lipinski definition) is 2. The van der Waals surface area contributed by atoms with Crippen molar-refractivity contribution < 1.29 is 10.2 Å². The molecule has 9 heavy (non-hydrogen) atoms. The molecule has 0 spiro atoms. The zero-order valence-corrected chi connectivity index (χ0v) is 6.80. The van der Waals surface area contributed by atoms with Crippen LogP contribution in [0.25, 0.3) is 0 Å². The quantitative estimate of drug-likeness (QED) is 0.449. The minimum absolute atomic E-state index is 0.128. The Morgan fingerprint density at radius 3 is 2.67 bits per heavy atom. The molecule has 0 saturated heterocycles. The Bertz CT molecular complexity index is 59.0. The number of hydrogen-bond donors (Lipinski definition) is 2. The van der Waals surface area contributed by atoms with Gasteiger partial charge in [-0.15, -0.1) is 0 Å². The molecular weight excluding hydrogens is 135 g/mol. The summed E-state index contributed by atoms with van der Waals surface area (Å²) >= 11 is 0. The van der Waals surface area contributed by atoms with E-state index in [1.54, 1.807) is 0 Å². The second kappa shape index (κ2) is 6.47. The summed E-state index contributed by atoms with van der Waals surface area (Å²) in [4.78, 5) is 0. The maximum atomic E-state index is 9.02. The van der Waals surface area contributed by atoms with Gasteiger partial charge in [0.15, 0.2) is 0 Å². The third-order valence-corrected chi connectivity index (χ3v) is 2.62. The fourth-order valence-corrected chi connectivity index (χ4v) is 1.48. The molecule has 0 aromatic carbocycles. The van der Waals surface area contributed by atoms with E-state index in [0.29, 0.717) is 8.58 Å². The van der Waals surface area contributed by atoms with Gasteiger partial charge in [0.25, 0.3) is 0 Å². The van der Waals surface area contributed by atoms with Crippen molar-refractivity contribution in [2.45, 2.75) is 25.6 Å². The average Bonchev–Trinajstić information content (AvgIpc) is 1.89. The Kier molecular flexibility index (Phi) is 6.72. The fraction of sp³-hybridized carbons (Fsp3) is 1.00. The van der Waals surface area contributed by atoms with Gasteiger partial charge in [-0.2, -0.15) is 0 Å². The topological polar surface area (TPSA) is 40.5 Å². The van der Waals surface area contributed by atoms with Crippen LogP contribution in [0, 0.1) is 0 Å². The Morgan fingerprint density at radius 2 is 2.22 bits per heavy atom. The van der Waals surface area contributed by atoms with Crippen molar-refractivity contribution in [3.05, 3.63) is 0 Å². The highest BCUT2D eigenvalue weighted by Crippen LogP contribution is 2.19. The van der Waals surface area contributed by atoms with Crippen molar-refractivity contribution in [1.29, 1.82) is 0 Å². The first-order chi connectivity index (χ1) is 4.31. The highest BCUT2D eigenvalue weighted by molar-refractivity contribution is 7.38. The molecule has 0 fully saturated rings. The molecule has 0 amide bonds. The minimum Gasteiger partial charge on any atom is -0.396 e. The lowest BCUT2D eigenvalue weighted by Gasteiger charge is -2.05. The summed E-state index contributed by atoms with van der Waals surface area (Å²) in [6.07, 6.45) is 2.63. The van der Waals surface area contributed by atoms with E-state index < -0.39 is 0 Å². The third kappa shape index (κ3) is 6.23. The molecule has 0 aliphatic rings. The van der Waals surface area contributed by atoms with Crippen molar-refractivity contribution >= 4 is 8.58 Å². The van der Waals surface area contributed by atoms with Gasteiger partial charge in [0, 0.05) is 6.61 Å². The Morgan fingerprint density at radius 1 is 1.56 bits per heavy atom. The summed E-state index contributed by atoms with van der Waals surface area (Å²) in [5, 5.41) is 17.4. The van der Waals surface area contributed by atoms with Crippen LogP contribution in [0.1, 0.15) is 19.8 Å². The van der Waals surface area contributed by atoms with Crippen LogP contribution in [0.4, 0.5) is 0 Å². The summed E-state index contributed by atoms with van der Waals surface area (Å²) < 4.78 is 0. The van der Waals surface area contributed by atoms with E-state index in [4.69, 9.17) is 10.2 Å².